The molecule has 0 aromatic rings. The zero-order valence-electron chi connectivity index (χ0n) is 45.1. The molecule has 0 aliphatic heterocycles. The second-order valence-corrected chi connectivity index (χ2v) is 19.5. The Kier molecular flexibility index (Phi) is 54.3. The third kappa shape index (κ3) is 54.1. The van der Waals surface area contributed by atoms with E-state index < -0.39 is 6.10 Å². The molecule has 0 bridgehead atoms. The first-order valence-corrected chi connectivity index (χ1v) is 29.3. The van der Waals surface area contributed by atoms with Gasteiger partial charge in [0.2, 0.25) is 0 Å². The van der Waals surface area contributed by atoms with Gasteiger partial charge >= 0.3 is 17.9 Å². The summed E-state index contributed by atoms with van der Waals surface area (Å²) in [6.07, 6.45) is 70.7. The van der Waals surface area contributed by atoms with E-state index in [1.807, 2.05) is 0 Å². The number of carbonyl (C=O) groups excluding carboxylic acids is 3. The molecule has 0 heterocycles. The quantitative estimate of drug-likeness (QED) is 0.0262. The van der Waals surface area contributed by atoms with E-state index in [2.05, 4.69) is 81.5 Å². The van der Waals surface area contributed by atoms with Gasteiger partial charge in [-0.25, -0.2) is 0 Å². The fourth-order valence-corrected chi connectivity index (χ4v) is 8.41. The third-order valence-corrected chi connectivity index (χ3v) is 12.8. The smallest absolute Gasteiger partial charge is 0.306 e. The summed E-state index contributed by atoms with van der Waals surface area (Å²) in [5, 5.41) is 0. The van der Waals surface area contributed by atoms with Crippen molar-refractivity contribution in [1.29, 1.82) is 0 Å². The second-order valence-electron chi connectivity index (χ2n) is 19.5. The molecule has 68 heavy (non-hydrogen) atoms. The summed E-state index contributed by atoms with van der Waals surface area (Å²) in [7, 11) is 0. The predicted octanol–water partition coefficient (Wildman–Crippen LogP) is 19.6. The van der Waals surface area contributed by atoms with Crippen LogP contribution in [-0.4, -0.2) is 37.2 Å². The third-order valence-electron chi connectivity index (χ3n) is 12.8. The lowest BCUT2D eigenvalue weighted by Gasteiger charge is -2.18. The molecule has 0 saturated carbocycles. The Morgan fingerprint density at radius 1 is 0.309 bits per heavy atom. The average Bonchev–Trinajstić information content (AvgIpc) is 3.34. The highest BCUT2D eigenvalue weighted by molar-refractivity contribution is 5.71. The van der Waals surface area contributed by atoms with E-state index in [1.165, 1.54) is 148 Å². The van der Waals surface area contributed by atoms with E-state index in [-0.39, 0.29) is 31.1 Å². The van der Waals surface area contributed by atoms with Crippen molar-refractivity contribution in [3.63, 3.8) is 0 Å². The number of unbranched alkanes of at least 4 members (excludes halogenated alkanes) is 32. The number of hydrogen-bond donors (Lipinski definition) is 0. The topological polar surface area (TPSA) is 78.9 Å². The summed E-state index contributed by atoms with van der Waals surface area (Å²) in [5.74, 6) is -0.884. The Bertz CT molecular complexity index is 1230. The van der Waals surface area contributed by atoms with Crippen molar-refractivity contribution in [3.05, 3.63) is 60.8 Å². The summed E-state index contributed by atoms with van der Waals surface area (Å²) in [5.41, 5.74) is 0. The van der Waals surface area contributed by atoms with E-state index in [4.69, 9.17) is 14.2 Å². The van der Waals surface area contributed by atoms with E-state index >= 15 is 0 Å². The van der Waals surface area contributed by atoms with Crippen LogP contribution in [0.1, 0.15) is 297 Å². The lowest BCUT2D eigenvalue weighted by Crippen LogP contribution is -2.30. The summed E-state index contributed by atoms with van der Waals surface area (Å²) < 4.78 is 16.8. The molecule has 6 heteroatoms. The predicted molar refractivity (Wildman–Crippen MR) is 293 cm³/mol. The first-order chi connectivity index (χ1) is 33.5. The van der Waals surface area contributed by atoms with Gasteiger partial charge in [0.1, 0.15) is 13.2 Å². The van der Waals surface area contributed by atoms with Crippen LogP contribution in [0.2, 0.25) is 0 Å². The highest BCUT2D eigenvalue weighted by atomic mass is 16.6. The Morgan fingerprint density at radius 2 is 0.574 bits per heavy atom. The number of ether oxygens (including phenoxy) is 3. The maximum atomic E-state index is 12.9. The van der Waals surface area contributed by atoms with Crippen molar-refractivity contribution in [3.8, 4) is 0 Å². The number of esters is 3. The highest BCUT2D eigenvalue weighted by Crippen LogP contribution is 2.17. The highest BCUT2D eigenvalue weighted by Gasteiger charge is 2.19. The molecule has 0 N–H and O–H groups in total. The van der Waals surface area contributed by atoms with Crippen LogP contribution in [-0.2, 0) is 28.6 Å². The number of allylic oxidation sites excluding steroid dienone is 10. The van der Waals surface area contributed by atoms with Gasteiger partial charge in [0.25, 0.3) is 0 Å². The largest absolute Gasteiger partial charge is 0.462 e. The molecule has 0 fully saturated rings. The fraction of sp³-hybridized carbons (Fsp3) is 0.790. The van der Waals surface area contributed by atoms with Crippen LogP contribution in [0.3, 0.4) is 0 Å². The maximum absolute atomic E-state index is 12.9. The molecule has 0 aromatic carbocycles. The van der Waals surface area contributed by atoms with Crippen molar-refractivity contribution in [1.82, 2.24) is 0 Å². The Hall–Kier alpha value is -2.89. The molecule has 394 valence electrons. The minimum atomic E-state index is -0.778. The first-order valence-electron chi connectivity index (χ1n) is 29.3. The van der Waals surface area contributed by atoms with Gasteiger partial charge in [-0.2, -0.15) is 0 Å². The molecule has 0 aliphatic rings. The lowest BCUT2D eigenvalue weighted by atomic mass is 10.0. The van der Waals surface area contributed by atoms with Gasteiger partial charge < -0.3 is 14.2 Å². The van der Waals surface area contributed by atoms with Crippen molar-refractivity contribution in [2.24, 2.45) is 0 Å². The van der Waals surface area contributed by atoms with E-state index in [1.54, 1.807) is 0 Å². The first kappa shape index (κ1) is 65.1. The SMILES string of the molecule is CC/C=C\C/C=C\C/C=C\C/C=C\C/C=C\CCCCCCCC(=O)OCC(COC(=O)CCCCCCCCCCCC)OC(=O)CCCCCCCCCCCCCCCCCCCCC. The minimum Gasteiger partial charge on any atom is -0.462 e. The van der Waals surface area contributed by atoms with Crippen LogP contribution in [0.25, 0.3) is 0 Å². The molecule has 1 unspecified atom stereocenters. The summed E-state index contributed by atoms with van der Waals surface area (Å²) in [6, 6.07) is 0. The van der Waals surface area contributed by atoms with Crippen molar-refractivity contribution in [2.45, 2.75) is 303 Å². The monoisotopic (exact) mass is 951 g/mol. The molecule has 0 radical (unpaired) electrons. The molecule has 1 atom stereocenters. The molecule has 0 saturated heterocycles. The zero-order chi connectivity index (χ0) is 49.3. The fourth-order valence-electron chi connectivity index (χ4n) is 8.41. The van der Waals surface area contributed by atoms with Crippen molar-refractivity contribution < 1.29 is 28.6 Å². The molecular weight excluding hydrogens is 841 g/mol. The molecule has 0 spiro atoms. The van der Waals surface area contributed by atoms with E-state index in [0.29, 0.717) is 19.3 Å². The van der Waals surface area contributed by atoms with E-state index in [9.17, 15) is 14.4 Å². The molecule has 0 aliphatic carbocycles. The van der Waals surface area contributed by atoms with Crippen LogP contribution in [0.4, 0.5) is 0 Å². The van der Waals surface area contributed by atoms with E-state index in [0.717, 1.165) is 109 Å². The Balaban J connectivity index is 4.31. The second kappa shape index (κ2) is 56.7. The zero-order valence-corrected chi connectivity index (χ0v) is 45.1. The average molecular weight is 952 g/mol. The van der Waals surface area contributed by atoms with Crippen LogP contribution in [0.5, 0.6) is 0 Å². The minimum absolute atomic E-state index is 0.0767. The van der Waals surface area contributed by atoms with Crippen LogP contribution >= 0.6 is 0 Å². The number of hydrogen-bond acceptors (Lipinski definition) is 6. The van der Waals surface area contributed by atoms with Gasteiger partial charge in [0.05, 0.1) is 0 Å². The molecule has 0 rings (SSSR count). The molecule has 0 aromatic heterocycles. The standard InChI is InChI=1S/C62H110O6/c1-4-7-10-13-16-19-22-24-26-28-30-31-33-34-36-38-40-43-46-49-52-55-61(64)67-58-59(57-66-60(63)54-51-48-45-42-21-18-15-12-9-6-3)68-62(65)56-53-50-47-44-41-39-37-35-32-29-27-25-23-20-17-14-11-8-5-2/h7,10,16,19,24,26,30-31,34,36,59H,4-6,8-9,11-15,17-18,20-23,25,27-29,32-33,35,37-58H2,1-3H3/b10-7-,19-16-,26-24-,31-30-,36-34-. The molecule has 6 nitrogen and oxygen atoms in total. The normalized spacial score (nSPS) is 12.5. The van der Waals surface area contributed by atoms with Gasteiger partial charge in [-0.3, -0.25) is 14.4 Å². The Labute approximate surface area is 421 Å². The van der Waals surface area contributed by atoms with Gasteiger partial charge in [-0.1, -0.05) is 274 Å². The lowest BCUT2D eigenvalue weighted by molar-refractivity contribution is -0.167. The summed E-state index contributed by atoms with van der Waals surface area (Å²) >= 11 is 0. The summed E-state index contributed by atoms with van der Waals surface area (Å²) in [6.45, 7) is 6.53. The summed E-state index contributed by atoms with van der Waals surface area (Å²) in [4.78, 5) is 38.1. The number of carbonyl (C=O) groups is 3. The van der Waals surface area contributed by atoms with Gasteiger partial charge in [-0.15, -0.1) is 0 Å². The van der Waals surface area contributed by atoms with Gasteiger partial charge in [0, 0.05) is 19.3 Å². The van der Waals surface area contributed by atoms with Crippen LogP contribution in [0.15, 0.2) is 60.8 Å². The van der Waals surface area contributed by atoms with Gasteiger partial charge in [-0.05, 0) is 64.2 Å². The maximum Gasteiger partial charge on any atom is 0.306 e. The van der Waals surface area contributed by atoms with Crippen LogP contribution < -0.4 is 0 Å². The van der Waals surface area contributed by atoms with Gasteiger partial charge in [0.15, 0.2) is 6.10 Å². The molecular formula is C62H110O6. The van der Waals surface area contributed by atoms with Crippen molar-refractivity contribution >= 4 is 17.9 Å². The number of rotatable bonds is 53. The van der Waals surface area contributed by atoms with Crippen LogP contribution in [0, 0.1) is 0 Å². The van der Waals surface area contributed by atoms with Crippen molar-refractivity contribution in [2.75, 3.05) is 13.2 Å². The Morgan fingerprint density at radius 3 is 0.897 bits per heavy atom. The molecule has 0 amide bonds.